The number of carbonyl (C=O) groups excluding carboxylic acids is 1. The van der Waals surface area contributed by atoms with Gasteiger partial charge in [0.1, 0.15) is 0 Å². The van der Waals surface area contributed by atoms with E-state index in [1.54, 1.807) is 42.5 Å². The maximum Gasteiger partial charge on any atom is 0.264 e. The molecule has 0 heterocycles. The van der Waals surface area contributed by atoms with E-state index in [-0.39, 0.29) is 10.8 Å². The summed E-state index contributed by atoms with van der Waals surface area (Å²) in [5, 5.41) is 5.14. The Labute approximate surface area is 182 Å². The largest absolute Gasteiger partial charge is 0.348 e. The Bertz CT molecular complexity index is 1340. The highest BCUT2D eigenvalue weighted by Crippen LogP contribution is 2.25. The number of nitrogens with one attached hydrogen (secondary N) is 1. The Morgan fingerprint density at radius 1 is 0.806 bits per heavy atom. The zero-order valence-electron chi connectivity index (χ0n) is 17.0. The Morgan fingerprint density at radius 3 is 2.23 bits per heavy atom. The molecule has 0 unspecified atom stereocenters. The molecule has 0 aromatic heterocycles. The number of hydrogen-bond acceptors (Lipinski definition) is 3. The molecule has 0 saturated carbocycles. The van der Waals surface area contributed by atoms with Crippen LogP contribution in [0.15, 0.2) is 102 Å². The molecule has 0 aliphatic carbocycles. The number of amides is 1. The fraction of sp³-hybridized carbons (Fsp3) is 0.0800. The van der Waals surface area contributed by atoms with Crippen molar-refractivity contribution in [2.45, 2.75) is 11.4 Å². The fourth-order valence-corrected chi connectivity index (χ4v) is 4.68. The summed E-state index contributed by atoms with van der Waals surface area (Å²) in [7, 11) is -2.33. The van der Waals surface area contributed by atoms with Crippen molar-refractivity contribution in [2.75, 3.05) is 11.4 Å². The second-order valence-electron chi connectivity index (χ2n) is 7.17. The summed E-state index contributed by atoms with van der Waals surface area (Å²) in [6.45, 7) is 0.340. The Balaban J connectivity index is 1.56. The van der Waals surface area contributed by atoms with Crippen LogP contribution < -0.4 is 9.62 Å². The van der Waals surface area contributed by atoms with Gasteiger partial charge in [0.15, 0.2) is 0 Å². The van der Waals surface area contributed by atoms with Crippen LogP contribution in [0.3, 0.4) is 0 Å². The smallest absolute Gasteiger partial charge is 0.264 e. The molecule has 4 aromatic rings. The molecule has 0 radical (unpaired) electrons. The number of sulfonamides is 1. The van der Waals surface area contributed by atoms with Gasteiger partial charge in [-0.1, -0.05) is 66.7 Å². The predicted octanol–water partition coefficient (Wildman–Crippen LogP) is 4.59. The van der Waals surface area contributed by atoms with Gasteiger partial charge in [-0.15, -0.1) is 0 Å². The first-order valence-corrected chi connectivity index (χ1v) is 11.3. The lowest BCUT2D eigenvalue weighted by molar-refractivity contribution is 0.0951. The molecule has 0 spiro atoms. The molecule has 0 atom stereocenters. The SMILES string of the molecule is CN(c1ccccc1C(=O)NCc1ccc2ccccc2c1)S(=O)(=O)c1ccccc1. The van der Waals surface area contributed by atoms with E-state index in [2.05, 4.69) is 5.32 Å². The van der Waals surface area contributed by atoms with E-state index < -0.39 is 10.0 Å². The van der Waals surface area contributed by atoms with Crippen LogP contribution >= 0.6 is 0 Å². The van der Waals surface area contributed by atoms with Crippen LogP contribution in [0.1, 0.15) is 15.9 Å². The summed E-state index contributed by atoms with van der Waals surface area (Å²) >= 11 is 0. The molecule has 5 nitrogen and oxygen atoms in total. The minimum atomic E-state index is -3.79. The van der Waals surface area contributed by atoms with Crippen LogP contribution in [0.2, 0.25) is 0 Å². The number of rotatable bonds is 6. The highest BCUT2D eigenvalue weighted by Gasteiger charge is 2.24. The topological polar surface area (TPSA) is 66.5 Å². The normalized spacial score (nSPS) is 11.3. The zero-order valence-corrected chi connectivity index (χ0v) is 17.8. The quantitative estimate of drug-likeness (QED) is 0.486. The molecule has 0 bridgehead atoms. The van der Waals surface area contributed by atoms with Gasteiger partial charge in [-0.05, 0) is 46.7 Å². The molecular weight excluding hydrogens is 408 g/mol. The number of anilines is 1. The van der Waals surface area contributed by atoms with Gasteiger partial charge in [-0.25, -0.2) is 8.42 Å². The molecule has 31 heavy (non-hydrogen) atoms. The molecule has 6 heteroatoms. The number of fused-ring (bicyclic) bond motifs is 1. The van der Waals surface area contributed by atoms with Gasteiger partial charge in [0.25, 0.3) is 15.9 Å². The Morgan fingerprint density at radius 2 is 1.45 bits per heavy atom. The van der Waals surface area contributed by atoms with Gasteiger partial charge < -0.3 is 5.32 Å². The average Bonchev–Trinajstić information content (AvgIpc) is 2.82. The first-order valence-electron chi connectivity index (χ1n) is 9.86. The first kappa shape index (κ1) is 20.6. The maximum absolute atomic E-state index is 13.0. The van der Waals surface area contributed by atoms with Crippen LogP contribution in [-0.4, -0.2) is 21.4 Å². The van der Waals surface area contributed by atoms with E-state index in [0.29, 0.717) is 17.8 Å². The van der Waals surface area contributed by atoms with Crippen molar-refractivity contribution in [1.29, 1.82) is 0 Å². The van der Waals surface area contributed by atoms with E-state index >= 15 is 0 Å². The summed E-state index contributed by atoms with van der Waals surface area (Å²) in [5.41, 5.74) is 1.59. The van der Waals surface area contributed by atoms with Gasteiger partial charge in [0.2, 0.25) is 0 Å². The van der Waals surface area contributed by atoms with Gasteiger partial charge in [-0.2, -0.15) is 0 Å². The van der Waals surface area contributed by atoms with Crippen molar-refractivity contribution in [1.82, 2.24) is 5.32 Å². The molecule has 0 aliphatic rings. The van der Waals surface area contributed by atoms with Crippen molar-refractivity contribution in [3.05, 3.63) is 108 Å². The minimum Gasteiger partial charge on any atom is -0.348 e. The molecule has 4 rings (SSSR count). The Hall–Kier alpha value is -3.64. The second kappa shape index (κ2) is 8.62. The van der Waals surface area contributed by atoms with Crippen molar-refractivity contribution in [3.63, 3.8) is 0 Å². The third-order valence-electron chi connectivity index (χ3n) is 5.16. The number of benzene rings is 4. The highest BCUT2D eigenvalue weighted by molar-refractivity contribution is 7.92. The second-order valence-corrected chi connectivity index (χ2v) is 9.14. The van der Waals surface area contributed by atoms with Crippen LogP contribution in [-0.2, 0) is 16.6 Å². The van der Waals surface area contributed by atoms with Crippen molar-refractivity contribution in [3.8, 4) is 0 Å². The van der Waals surface area contributed by atoms with Crippen LogP contribution in [0.5, 0.6) is 0 Å². The van der Waals surface area contributed by atoms with E-state index in [4.69, 9.17) is 0 Å². The Kier molecular flexibility index (Phi) is 5.73. The summed E-state index contributed by atoms with van der Waals surface area (Å²) < 4.78 is 27.2. The van der Waals surface area contributed by atoms with Crippen molar-refractivity contribution >= 4 is 32.4 Å². The van der Waals surface area contributed by atoms with E-state index in [9.17, 15) is 13.2 Å². The lowest BCUT2D eigenvalue weighted by Crippen LogP contribution is -2.30. The van der Waals surface area contributed by atoms with Gasteiger partial charge in [0.05, 0.1) is 16.1 Å². The molecular formula is C25H22N2O3S. The average molecular weight is 431 g/mol. The third-order valence-corrected chi connectivity index (χ3v) is 6.94. The van der Waals surface area contributed by atoms with Crippen molar-refractivity contribution in [2.24, 2.45) is 0 Å². The van der Waals surface area contributed by atoms with Gasteiger partial charge in [0, 0.05) is 13.6 Å². The molecule has 0 fully saturated rings. The summed E-state index contributed by atoms with van der Waals surface area (Å²) in [6, 6.07) is 28.9. The first-order chi connectivity index (χ1) is 15.0. The van der Waals surface area contributed by atoms with E-state index in [1.165, 1.54) is 19.2 Å². The monoisotopic (exact) mass is 430 g/mol. The number of hydrogen-bond donors (Lipinski definition) is 1. The van der Waals surface area contributed by atoms with E-state index in [0.717, 1.165) is 20.6 Å². The number of para-hydroxylation sites is 1. The summed E-state index contributed by atoms with van der Waals surface area (Å²) in [4.78, 5) is 13.1. The van der Waals surface area contributed by atoms with Crippen molar-refractivity contribution < 1.29 is 13.2 Å². The van der Waals surface area contributed by atoms with Crippen LogP contribution in [0.4, 0.5) is 5.69 Å². The van der Waals surface area contributed by atoms with Crippen LogP contribution in [0.25, 0.3) is 10.8 Å². The van der Waals surface area contributed by atoms with Gasteiger partial charge >= 0.3 is 0 Å². The predicted molar refractivity (Wildman–Crippen MR) is 124 cm³/mol. The molecule has 0 saturated heterocycles. The molecule has 1 N–H and O–H groups in total. The van der Waals surface area contributed by atoms with Crippen LogP contribution in [0, 0.1) is 0 Å². The summed E-state index contributed by atoms with van der Waals surface area (Å²) in [5.74, 6) is -0.334. The zero-order chi connectivity index (χ0) is 21.8. The standard InChI is InChI=1S/C25H22N2O3S/c1-27(31(29,30)22-11-3-2-4-12-22)24-14-8-7-13-23(24)25(28)26-18-19-15-16-20-9-5-6-10-21(20)17-19/h2-17H,18H2,1H3,(H,26,28). The highest BCUT2D eigenvalue weighted by atomic mass is 32.2. The van der Waals surface area contributed by atoms with Gasteiger partial charge in [-0.3, -0.25) is 9.10 Å². The fourth-order valence-electron chi connectivity index (χ4n) is 3.45. The molecule has 4 aromatic carbocycles. The number of nitrogens with zero attached hydrogens (tertiary/aromatic N) is 1. The molecule has 0 aliphatic heterocycles. The lowest BCUT2D eigenvalue weighted by atomic mass is 10.1. The third kappa shape index (κ3) is 4.29. The van der Waals surface area contributed by atoms with E-state index in [1.807, 2.05) is 42.5 Å². The lowest BCUT2D eigenvalue weighted by Gasteiger charge is -2.22. The number of carbonyl (C=O) groups is 1. The molecule has 156 valence electrons. The maximum atomic E-state index is 13.0. The summed E-state index contributed by atoms with van der Waals surface area (Å²) in [6.07, 6.45) is 0. The molecule has 1 amide bonds. The minimum absolute atomic E-state index is 0.170.